The molecule has 0 bridgehead atoms. The van der Waals surface area contributed by atoms with E-state index in [4.69, 9.17) is 22.1 Å². The minimum absolute atomic E-state index is 0.0310. The second-order valence-corrected chi connectivity index (χ2v) is 15.0. The molecule has 2 amide bonds. The number of nitrogens with one attached hydrogen (secondary N) is 1. The standard InChI is InChI=1S/C25H29FN4O9P2S2/c26-20-12-17(3-6-21(20)28-7-9-29(10-8-28)22(32)15-31)30-14-18(39-25(30)33)13-27-24(42)43-19-4-1-16(2-5-19)11-23(40(34)35)41(36,37)38/h1-6,12-13,23,31,40H,7-11,14-15H2,(H,27,42)(H,34,35)(H2,36,37,38)/b18-13-. The van der Waals surface area contributed by atoms with Crippen LogP contribution in [0, 0.1) is 5.82 Å². The van der Waals surface area contributed by atoms with E-state index in [-0.39, 0.29) is 24.6 Å². The first-order valence-electron chi connectivity index (χ1n) is 12.8. The summed E-state index contributed by atoms with van der Waals surface area (Å²) in [7, 11) is -8.18. The molecular formula is C25H29FN4O9P2S2. The second kappa shape index (κ2) is 14.3. The summed E-state index contributed by atoms with van der Waals surface area (Å²) in [5, 5.41) is 10.2. The lowest BCUT2D eigenvalue weighted by atomic mass is 10.2. The molecule has 2 saturated heterocycles. The summed E-state index contributed by atoms with van der Waals surface area (Å²) in [6, 6.07) is 10.9. The third-order valence-corrected chi connectivity index (χ3v) is 11.3. The SMILES string of the molecule is O=C(CO)N1CCN(c2ccc(N3C/C(=C/NC(=S)Sc4ccc(CC([PH](=O)O)P(=O)(O)O)cc4)OC3=O)cc2F)CC1. The van der Waals surface area contributed by atoms with Gasteiger partial charge in [0.15, 0.2) is 0 Å². The molecule has 232 valence electrons. The fourth-order valence-electron chi connectivity index (χ4n) is 4.45. The predicted octanol–water partition coefficient (Wildman–Crippen LogP) is 2.44. The van der Waals surface area contributed by atoms with E-state index in [1.54, 1.807) is 41.3 Å². The molecular weight excluding hydrogens is 645 g/mol. The van der Waals surface area contributed by atoms with Gasteiger partial charge in [-0.1, -0.05) is 36.1 Å². The van der Waals surface area contributed by atoms with E-state index < -0.39 is 39.5 Å². The fourth-order valence-corrected chi connectivity index (χ4v) is 7.41. The van der Waals surface area contributed by atoms with E-state index >= 15 is 4.39 Å². The lowest BCUT2D eigenvalue weighted by Crippen LogP contribution is -2.49. The molecule has 2 fully saturated rings. The van der Waals surface area contributed by atoms with Gasteiger partial charge in [0.2, 0.25) is 13.9 Å². The zero-order valence-electron chi connectivity index (χ0n) is 22.5. The average Bonchev–Trinajstić information content (AvgIpc) is 3.34. The molecule has 0 spiro atoms. The zero-order valence-corrected chi connectivity index (χ0v) is 26.0. The van der Waals surface area contributed by atoms with Crippen molar-refractivity contribution in [3.8, 4) is 0 Å². The van der Waals surface area contributed by atoms with Gasteiger partial charge in [-0.15, -0.1) is 0 Å². The van der Waals surface area contributed by atoms with Crippen molar-refractivity contribution in [2.24, 2.45) is 0 Å². The van der Waals surface area contributed by atoms with Gasteiger partial charge >= 0.3 is 13.7 Å². The normalized spacial score (nSPS) is 18.0. The first-order valence-corrected chi connectivity index (χ1v) is 17.2. The van der Waals surface area contributed by atoms with Crippen molar-refractivity contribution >= 4 is 67.3 Å². The summed E-state index contributed by atoms with van der Waals surface area (Å²) in [5.41, 5.74) is 1.12. The van der Waals surface area contributed by atoms with Crippen molar-refractivity contribution < 1.29 is 47.6 Å². The average molecular weight is 675 g/mol. The van der Waals surface area contributed by atoms with E-state index in [0.29, 0.717) is 52.3 Å². The molecule has 43 heavy (non-hydrogen) atoms. The van der Waals surface area contributed by atoms with Crippen molar-refractivity contribution in [2.75, 3.05) is 49.1 Å². The molecule has 0 aliphatic carbocycles. The van der Waals surface area contributed by atoms with Gasteiger partial charge in [-0.2, -0.15) is 0 Å². The van der Waals surface area contributed by atoms with Crippen LogP contribution in [-0.2, 0) is 25.1 Å². The monoisotopic (exact) mass is 674 g/mol. The lowest BCUT2D eigenvalue weighted by Gasteiger charge is -2.36. The van der Waals surface area contributed by atoms with Gasteiger partial charge in [0.25, 0.3) is 0 Å². The number of hydrogen-bond donors (Lipinski definition) is 5. The van der Waals surface area contributed by atoms with Crippen molar-refractivity contribution in [1.82, 2.24) is 10.2 Å². The number of anilines is 2. The number of hydrogen-bond acceptors (Lipinski definition) is 9. The highest BCUT2D eigenvalue weighted by atomic mass is 32.2. The van der Waals surface area contributed by atoms with Crippen LogP contribution in [-0.4, -0.2) is 85.7 Å². The Balaban J connectivity index is 1.30. The number of aliphatic hydroxyl groups is 1. The van der Waals surface area contributed by atoms with Gasteiger partial charge < -0.3 is 39.6 Å². The number of halogens is 1. The Bertz CT molecular complexity index is 1480. The van der Waals surface area contributed by atoms with Gasteiger partial charge in [0, 0.05) is 37.3 Å². The number of piperazine rings is 1. The van der Waals surface area contributed by atoms with Crippen molar-refractivity contribution in [3.05, 3.63) is 65.8 Å². The minimum atomic E-state index is -4.73. The van der Waals surface area contributed by atoms with Crippen molar-refractivity contribution in [3.63, 3.8) is 0 Å². The number of rotatable bonds is 9. The zero-order chi connectivity index (χ0) is 31.3. The number of cyclic esters (lactones) is 1. The molecule has 13 nitrogen and oxygen atoms in total. The van der Waals surface area contributed by atoms with Crippen molar-refractivity contribution in [1.29, 1.82) is 0 Å². The minimum Gasteiger partial charge on any atom is -0.411 e. The van der Waals surface area contributed by atoms with Gasteiger partial charge in [0.1, 0.15) is 27.9 Å². The molecule has 2 unspecified atom stereocenters. The topological polar surface area (TPSA) is 180 Å². The Labute approximate surface area is 256 Å². The summed E-state index contributed by atoms with van der Waals surface area (Å²) in [6.07, 6.45) is 0.477. The van der Waals surface area contributed by atoms with Gasteiger partial charge in [-0.25, -0.2) is 9.18 Å². The van der Waals surface area contributed by atoms with E-state index in [0.717, 1.165) is 11.8 Å². The maximum atomic E-state index is 15.0. The van der Waals surface area contributed by atoms with Gasteiger partial charge in [-0.3, -0.25) is 18.8 Å². The van der Waals surface area contributed by atoms with Crippen LogP contribution in [0.25, 0.3) is 0 Å². The first kappa shape index (κ1) is 33.1. The summed E-state index contributed by atoms with van der Waals surface area (Å²) in [4.78, 5) is 57.3. The third kappa shape index (κ3) is 8.64. The molecule has 4 rings (SSSR count). The van der Waals surface area contributed by atoms with E-state index in [1.807, 2.05) is 0 Å². The smallest absolute Gasteiger partial charge is 0.411 e. The number of ether oxygens (including phenoxy) is 1. The molecule has 0 aromatic heterocycles. The molecule has 2 aliphatic heterocycles. The first-order chi connectivity index (χ1) is 20.3. The molecule has 2 atom stereocenters. The highest BCUT2D eigenvalue weighted by Crippen LogP contribution is 2.53. The molecule has 0 saturated carbocycles. The Kier molecular flexibility index (Phi) is 11.0. The van der Waals surface area contributed by atoms with Gasteiger partial charge in [0.05, 0.1) is 17.9 Å². The number of amides is 2. The summed E-state index contributed by atoms with van der Waals surface area (Å²) >= 11 is 6.48. The van der Waals surface area contributed by atoms with Gasteiger partial charge in [-0.05, 0) is 42.3 Å². The van der Waals surface area contributed by atoms with E-state index in [1.165, 1.54) is 22.1 Å². The van der Waals surface area contributed by atoms with E-state index in [2.05, 4.69) is 5.32 Å². The quantitative estimate of drug-likeness (QED) is 0.149. The number of carbonyl (C=O) groups is 2. The van der Waals surface area contributed by atoms with Crippen LogP contribution in [0.2, 0.25) is 0 Å². The van der Waals surface area contributed by atoms with Crippen molar-refractivity contribution in [2.45, 2.75) is 16.7 Å². The molecule has 2 aliphatic rings. The Morgan fingerprint density at radius 1 is 1.19 bits per heavy atom. The number of carbonyl (C=O) groups excluding carboxylic acids is 2. The Hall–Kier alpha value is -2.81. The number of thioether (sulfide) groups is 1. The molecule has 5 N–H and O–H groups in total. The largest absolute Gasteiger partial charge is 0.419 e. The molecule has 18 heteroatoms. The summed E-state index contributed by atoms with van der Waals surface area (Å²) in [6.45, 7) is 0.990. The van der Waals surface area contributed by atoms with Crippen LogP contribution >= 0.6 is 39.6 Å². The highest BCUT2D eigenvalue weighted by Gasteiger charge is 2.33. The summed E-state index contributed by atoms with van der Waals surface area (Å²) in [5.74, 6) is -0.652. The Morgan fingerprint density at radius 3 is 2.44 bits per heavy atom. The highest BCUT2D eigenvalue weighted by molar-refractivity contribution is 8.23. The van der Waals surface area contributed by atoms with Crippen LogP contribution in [0.4, 0.5) is 20.6 Å². The fraction of sp³-hybridized carbons (Fsp3) is 0.320. The maximum absolute atomic E-state index is 15.0. The second-order valence-electron chi connectivity index (χ2n) is 9.55. The molecule has 2 heterocycles. The number of thiocarbonyl (C=S) groups is 1. The predicted molar refractivity (Wildman–Crippen MR) is 163 cm³/mol. The van der Waals surface area contributed by atoms with Crippen LogP contribution in [0.1, 0.15) is 5.56 Å². The maximum Gasteiger partial charge on any atom is 0.419 e. The van der Waals surface area contributed by atoms with Crippen LogP contribution in [0.3, 0.4) is 0 Å². The lowest BCUT2D eigenvalue weighted by molar-refractivity contribution is -0.134. The summed E-state index contributed by atoms with van der Waals surface area (Å²) < 4.78 is 43.5. The van der Waals surface area contributed by atoms with E-state index in [9.17, 15) is 33.4 Å². The van der Waals surface area contributed by atoms with Crippen LogP contribution in [0.15, 0.2) is 59.3 Å². The number of nitrogens with zero attached hydrogens (tertiary/aromatic N) is 3. The Morgan fingerprint density at radius 2 is 1.86 bits per heavy atom. The number of aliphatic hydroxyl groups excluding tert-OH is 1. The van der Waals surface area contributed by atoms with Crippen LogP contribution < -0.4 is 15.1 Å². The number of benzene rings is 2. The van der Waals surface area contributed by atoms with Crippen LogP contribution in [0.5, 0.6) is 0 Å². The molecule has 0 radical (unpaired) electrons. The molecule has 2 aromatic carbocycles. The third-order valence-electron chi connectivity index (χ3n) is 6.71. The molecule has 2 aromatic rings.